The minimum Gasteiger partial charge on any atom is -0.410 e. The van der Waals surface area contributed by atoms with E-state index in [1.54, 1.807) is 14.0 Å². The first-order valence-electron chi connectivity index (χ1n) is 10.2. The smallest absolute Gasteiger partial charge is 0.131 e. The van der Waals surface area contributed by atoms with Crippen LogP contribution in [0.4, 0.5) is 51.2 Å². The average molecular weight is 460 g/mol. The predicted octanol–water partition coefficient (Wildman–Crippen LogP) is 0.952. The van der Waals surface area contributed by atoms with Crippen molar-refractivity contribution in [2.75, 3.05) is 58.2 Å². The lowest BCUT2D eigenvalue weighted by Crippen LogP contribution is -2.16. The first kappa shape index (κ1) is 20.9. The van der Waals surface area contributed by atoms with E-state index in [1.165, 1.54) is 0 Å². The molecular weight excluding hydrogens is 434 g/mol. The van der Waals surface area contributed by atoms with Crippen LogP contribution in [0.3, 0.4) is 0 Å². The molecule has 0 bridgehead atoms. The van der Waals surface area contributed by atoms with Crippen LogP contribution in [-0.2, 0) is 0 Å². The van der Waals surface area contributed by atoms with Gasteiger partial charge in [0.1, 0.15) is 5.36 Å². The van der Waals surface area contributed by atoms with Crippen molar-refractivity contribution >= 4 is 94.3 Å². The summed E-state index contributed by atoms with van der Waals surface area (Å²) in [6.07, 6.45) is 0. The highest BCUT2D eigenvalue weighted by atomic mass is 16.4. The van der Waals surface area contributed by atoms with Crippen LogP contribution in [0.2, 0.25) is 0 Å². The Kier molecular flexibility index (Phi) is 3.86. The molecule has 0 radical (unpaired) electrons. The molecule has 174 valence electrons. The Morgan fingerprint density at radius 1 is 0.588 bits per heavy atom. The van der Waals surface area contributed by atoms with Crippen molar-refractivity contribution < 1.29 is 5.21 Å². The van der Waals surface area contributed by atoms with Gasteiger partial charge in [-0.25, -0.2) is 0 Å². The number of nitrogens with two attached hydrogens (primary N) is 8. The van der Waals surface area contributed by atoms with Gasteiger partial charge in [0.2, 0.25) is 0 Å². The molecule has 12 heteroatoms. The number of nitrogens with zero attached hydrogens (tertiary/aromatic N) is 1. The van der Waals surface area contributed by atoms with Crippen LogP contribution in [0.25, 0.3) is 43.1 Å². The summed E-state index contributed by atoms with van der Waals surface area (Å²) in [7, 11) is 1.69. The fourth-order valence-corrected chi connectivity index (χ4v) is 5.22. The Bertz CT molecular complexity index is 1860. The molecule has 0 heterocycles. The van der Waals surface area contributed by atoms with E-state index in [0.717, 1.165) is 0 Å². The highest BCUT2D eigenvalue weighted by Gasteiger charge is 2.29. The Hall–Kier alpha value is -5.00. The fourth-order valence-electron chi connectivity index (χ4n) is 5.22. The Morgan fingerprint density at radius 2 is 1.12 bits per heavy atom. The van der Waals surface area contributed by atoms with Gasteiger partial charge in [-0.2, -0.15) is 0 Å². The van der Waals surface area contributed by atoms with Gasteiger partial charge in [0.25, 0.3) is 0 Å². The van der Waals surface area contributed by atoms with Gasteiger partial charge in [0.15, 0.2) is 0 Å². The summed E-state index contributed by atoms with van der Waals surface area (Å²) in [4.78, 5) is 0. The van der Waals surface area contributed by atoms with E-state index in [9.17, 15) is 5.21 Å². The van der Waals surface area contributed by atoms with Crippen LogP contribution in [0, 0.1) is 12.3 Å². The van der Waals surface area contributed by atoms with Gasteiger partial charge < -0.3 is 56.4 Å². The maximum Gasteiger partial charge on any atom is 0.131 e. The van der Waals surface area contributed by atoms with Crippen molar-refractivity contribution in [2.45, 2.75) is 6.92 Å². The minimum absolute atomic E-state index is 0.00169. The molecule has 5 aromatic carbocycles. The second kappa shape index (κ2) is 6.28. The van der Waals surface area contributed by atoms with Crippen molar-refractivity contribution in [1.82, 2.24) is 0 Å². The molecule has 0 saturated carbocycles. The number of anilines is 9. The minimum atomic E-state index is -0.0896. The number of hydrogen-bond donors (Lipinski definition) is 11. The molecule has 0 spiro atoms. The van der Waals surface area contributed by atoms with E-state index in [-0.39, 0.29) is 55.9 Å². The Balaban J connectivity index is 2.43. The van der Waals surface area contributed by atoms with Gasteiger partial charge >= 0.3 is 0 Å². The molecule has 0 aromatic heterocycles. The van der Waals surface area contributed by atoms with Gasteiger partial charge in [-0.1, -0.05) is 5.16 Å². The first-order valence-corrected chi connectivity index (χ1v) is 10.2. The number of nitrogens with one attached hydrogen (secondary N) is 2. The maximum atomic E-state index is 9.69. The topological polar surface area (TPSA) is 277 Å². The van der Waals surface area contributed by atoms with Crippen molar-refractivity contribution in [3.63, 3.8) is 0 Å². The van der Waals surface area contributed by atoms with E-state index >= 15 is 0 Å². The lowest BCUT2D eigenvalue weighted by atomic mass is 9.92. The zero-order valence-corrected chi connectivity index (χ0v) is 18.5. The van der Waals surface area contributed by atoms with Crippen LogP contribution in [0.5, 0.6) is 0 Å². The maximum absolute atomic E-state index is 9.69. The molecule has 0 atom stereocenters. The molecule has 5 rings (SSSR count). The number of benzene rings is 4. The summed E-state index contributed by atoms with van der Waals surface area (Å²) < 4.78 is 0. The molecule has 5 aromatic rings. The normalized spacial score (nSPS) is 12.6. The second-order valence-corrected chi connectivity index (χ2v) is 8.38. The van der Waals surface area contributed by atoms with Crippen LogP contribution >= 0.6 is 0 Å². The van der Waals surface area contributed by atoms with Gasteiger partial charge in [0.05, 0.1) is 50.9 Å². The SMILES string of the molecule is CNc1c(N)c(N)c2c(N)c3c(=N)c(N)c(N)c(N)c3c3c4c(N)c(C)c(=NO)c(N)c4c1c23. The summed E-state index contributed by atoms with van der Waals surface area (Å²) in [5.41, 5.74) is 53.7. The molecule has 34 heavy (non-hydrogen) atoms. The summed E-state index contributed by atoms with van der Waals surface area (Å²) in [5, 5.41) is 28.7. The summed E-state index contributed by atoms with van der Waals surface area (Å²) in [6, 6.07) is 0. The Morgan fingerprint density at radius 3 is 1.71 bits per heavy atom. The molecule has 0 saturated heterocycles. The quantitative estimate of drug-likeness (QED) is 0.0730. The summed E-state index contributed by atoms with van der Waals surface area (Å²) in [6.45, 7) is 1.69. The molecule has 0 aliphatic carbocycles. The summed E-state index contributed by atoms with van der Waals surface area (Å²) >= 11 is 0. The van der Waals surface area contributed by atoms with Gasteiger partial charge in [-0.05, 0) is 6.92 Å². The molecule has 0 unspecified atom stereocenters. The highest BCUT2D eigenvalue weighted by Crippen LogP contribution is 2.55. The molecule has 19 N–H and O–H groups in total. The lowest BCUT2D eigenvalue weighted by molar-refractivity contribution is 0.302. The average Bonchev–Trinajstić information content (AvgIpc) is 3.15. The summed E-state index contributed by atoms with van der Waals surface area (Å²) in [5.74, 6) is 0. The van der Waals surface area contributed by atoms with Crippen LogP contribution in [0.15, 0.2) is 5.16 Å². The van der Waals surface area contributed by atoms with Gasteiger partial charge in [-0.3, -0.25) is 5.41 Å². The first-order chi connectivity index (χ1) is 16.0. The van der Waals surface area contributed by atoms with Crippen molar-refractivity contribution in [1.29, 1.82) is 5.41 Å². The van der Waals surface area contributed by atoms with E-state index in [1.807, 2.05) is 0 Å². The van der Waals surface area contributed by atoms with E-state index in [4.69, 9.17) is 51.3 Å². The van der Waals surface area contributed by atoms with Gasteiger partial charge in [-0.15, -0.1) is 0 Å². The van der Waals surface area contributed by atoms with Crippen molar-refractivity contribution in [3.05, 3.63) is 16.3 Å². The lowest BCUT2D eigenvalue weighted by Gasteiger charge is -2.19. The molecule has 0 amide bonds. The third-order valence-electron chi connectivity index (χ3n) is 6.89. The molecule has 0 aliphatic heterocycles. The number of nitrogen functional groups attached to an aromatic ring is 8. The zero-order chi connectivity index (χ0) is 25.0. The monoisotopic (exact) mass is 459 g/mol. The second-order valence-electron chi connectivity index (χ2n) is 8.38. The van der Waals surface area contributed by atoms with Crippen molar-refractivity contribution in [3.8, 4) is 0 Å². The van der Waals surface area contributed by atoms with E-state index in [0.29, 0.717) is 54.6 Å². The molecule has 0 fully saturated rings. The number of rotatable bonds is 1. The van der Waals surface area contributed by atoms with Gasteiger partial charge in [0, 0.05) is 61.4 Å². The van der Waals surface area contributed by atoms with Crippen molar-refractivity contribution in [2.24, 2.45) is 5.16 Å². The standard InChI is InChI=1S/C22H25N11O/c1-3-12(23)6-4-5-9(8(6)17(28)21(3)33-34)22(32-2)20(31)16(27)10(5)13(24)11-7(4)14(25)18(29)19(30)15(11)26/h26,32,34H,23-25,27-31H2,1-2H3. The number of hydrogen-bond acceptors (Lipinski definition) is 12. The van der Waals surface area contributed by atoms with Crippen LogP contribution in [0.1, 0.15) is 5.56 Å². The predicted molar refractivity (Wildman–Crippen MR) is 142 cm³/mol. The third kappa shape index (κ3) is 2.02. The van der Waals surface area contributed by atoms with E-state index in [2.05, 4.69) is 10.5 Å². The zero-order valence-electron chi connectivity index (χ0n) is 18.5. The fraction of sp³-hybridized carbons (Fsp3) is 0.0909. The van der Waals surface area contributed by atoms with Crippen LogP contribution < -0.4 is 61.9 Å². The van der Waals surface area contributed by atoms with E-state index < -0.39 is 0 Å². The number of fused-ring (bicyclic) bond motifs is 5. The molecular formula is C22H25N11O. The van der Waals surface area contributed by atoms with Crippen LogP contribution in [-0.4, -0.2) is 12.3 Å². The largest absolute Gasteiger partial charge is 0.410 e. The molecule has 0 aliphatic rings. The third-order valence-corrected chi connectivity index (χ3v) is 6.89. The molecule has 12 nitrogen and oxygen atoms in total. The highest BCUT2D eigenvalue weighted by molar-refractivity contribution is 6.48. The Labute approximate surface area is 191 Å².